The van der Waals surface area contributed by atoms with E-state index in [0.29, 0.717) is 24.2 Å². The number of benzene rings is 2. The molecule has 5 N–H and O–H groups in total. The Balaban J connectivity index is 1.73. The average molecular weight is 491 g/mol. The summed E-state index contributed by atoms with van der Waals surface area (Å²) in [6.45, 7) is 0. The number of nitrogens with zero attached hydrogens (tertiary/aromatic N) is 1. The van der Waals surface area contributed by atoms with Gasteiger partial charge in [0.1, 0.15) is 11.6 Å². The molecule has 1 fully saturated rings. The van der Waals surface area contributed by atoms with Crippen molar-refractivity contribution < 1.29 is 13.9 Å². The monoisotopic (exact) mass is 490 g/mol. The zero-order chi connectivity index (χ0) is 22.4. The zero-order valence-corrected chi connectivity index (χ0v) is 19.1. The lowest BCUT2D eigenvalue weighted by Crippen LogP contribution is -2.39. The van der Waals surface area contributed by atoms with Crippen LogP contribution in [-0.2, 0) is 12.8 Å². The van der Waals surface area contributed by atoms with Gasteiger partial charge >= 0.3 is 0 Å². The van der Waals surface area contributed by atoms with E-state index in [1.807, 2.05) is 18.2 Å². The summed E-state index contributed by atoms with van der Waals surface area (Å²) in [6, 6.07) is 10.4. The molecular weight excluding hydrogens is 463 g/mol. The summed E-state index contributed by atoms with van der Waals surface area (Å²) in [4.78, 5) is 17.2. The molecule has 3 rings (SSSR count). The SMILES string of the molecule is COc1ccc(Br)cc1CCc1c(F)cccc1C(=O)NC(N)=NC1CCC(N)CC1. The summed E-state index contributed by atoms with van der Waals surface area (Å²) in [5.74, 6) is -0.133. The van der Waals surface area contributed by atoms with Gasteiger partial charge in [-0.2, -0.15) is 0 Å². The number of aryl methyl sites for hydroxylation is 1. The lowest BCUT2D eigenvalue weighted by Gasteiger charge is -2.23. The van der Waals surface area contributed by atoms with Crippen LogP contribution in [0.1, 0.15) is 47.2 Å². The number of amides is 1. The van der Waals surface area contributed by atoms with Crippen molar-refractivity contribution in [3.63, 3.8) is 0 Å². The molecule has 0 spiro atoms. The van der Waals surface area contributed by atoms with Gasteiger partial charge in [-0.25, -0.2) is 9.38 Å². The summed E-state index contributed by atoms with van der Waals surface area (Å²) in [7, 11) is 1.59. The third-order valence-electron chi connectivity index (χ3n) is 5.55. The number of methoxy groups -OCH3 is 1. The fourth-order valence-electron chi connectivity index (χ4n) is 3.87. The minimum absolute atomic E-state index is 0.0503. The molecular formula is C23H28BrFN4O2. The fraction of sp³-hybridized carbons (Fsp3) is 0.391. The Kier molecular flexibility index (Phi) is 8.03. The number of aliphatic imine (C=N–C) groups is 1. The van der Waals surface area contributed by atoms with E-state index in [1.165, 1.54) is 12.1 Å². The van der Waals surface area contributed by atoms with Crippen LogP contribution >= 0.6 is 15.9 Å². The minimum atomic E-state index is -0.468. The number of halogens is 2. The number of hydrogen-bond donors (Lipinski definition) is 3. The molecule has 2 aromatic carbocycles. The minimum Gasteiger partial charge on any atom is -0.496 e. The van der Waals surface area contributed by atoms with Crippen molar-refractivity contribution in [3.05, 3.63) is 63.4 Å². The Morgan fingerprint density at radius 3 is 2.68 bits per heavy atom. The zero-order valence-electron chi connectivity index (χ0n) is 17.5. The van der Waals surface area contributed by atoms with Gasteiger partial charge in [0, 0.05) is 21.6 Å². The summed E-state index contributed by atoms with van der Waals surface area (Å²) < 4.78 is 20.9. The molecule has 8 heteroatoms. The molecule has 1 aliphatic carbocycles. The highest BCUT2D eigenvalue weighted by Gasteiger charge is 2.20. The van der Waals surface area contributed by atoms with Crippen LogP contribution in [0, 0.1) is 5.82 Å². The highest BCUT2D eigenvalue weighted by atomic mass is 79.9. The largest absolute Gasteiger partial charge is 0.496 e. The molecule has 0 bridgehead atoms. The molecule has 0 radical (unpaired) electrons. The molecule has 0 unspecified atom stereocenters. The molecule has 0 aliphatic heterocycles. The third-order valence-corrected chi connectivity index (χ3v) is 6.05. The molecule has 6 nitrogen and oxygen atoms in total. The second kappa shape index (κ2) is 10.7. The summed E-state index contributed by atoms with van der Waals surface area (Å²) in [6.07, 6.45) is 4.31. The Morgan fingerprint density at radius 1 is 1.23 bits per heavy atom. The number of carbonyl (C=O) groups is 1. The van der Waals surface area contributed by atoms with E-state index in [9.17, 15) is 9.18 Å². The van der Waals surface area contributed by atoms with E-state index in [-0.39, 0.29) is 23.6 Å². The van der Waals surface area contributed by atoms with E-state index < -0.39 is 11.7 Å². The van der Waals surface area contributed by atoms with Crippen LogP contribution < -0.4 is 21.5 Å². The van der Waals surface area contributed by atoms with Crippen LogP contribution in [0.5, 0.6) is 5.75 Å². The molecule has 1 saturated carbocycles. The van der Waals surface area contributed by atoms with E-state index in [4.69, 9.17) is 16.2 Å². The summed E-state index contributed by atoms with van der Waals surface area (Å²) in [5.41, 5.74) is 13.4. The van der Waals surface area contributed by atoms with Crippen molar-refractivity contribution in [1.29, 1.82) is 0 Å². The van der Waals surface area contributed by atoms with Gasteiger partial charge < -0.3 is 16.2 Å². The van der Waals surface area contributed by atoms with Gasteiger partial charge in [0.2, 0.25) is 0 Å². The van der Waals surface area contributed by atoms with E-state index >= 15 is 0 Å². The van der Waals surface area contributed by atoms with Gasteiger partial charge in [-0.15, -0.1) is 0 Å². The van der Waals surface area contributed by atoms with E-state index in [2.05, 4.69) is 26.2 Å². The van der Waals surface area contributed by atoms with Crippen LogP contribution in [0.3, 0.4) is 0 Å². The second-order valence-electron chi connectivity index (χ2n) is 7.76. The second-order valence-corrected chi connectivity index (χ2v) is 8.67. The standard InChI is InChI=1S/C23H28BrFN4O2/c1-31-21-12-6-15(24)13-14(21)5-11-18-19(3-2-4-20(18)25)22(30)29-23(27)28-17-9-7-16(26)8-10-17/h2-4,6,12-13,16-17H,5,7-11,26H2,1H3,(H3,27,28,29,30). The van der Waals surface area contributed by atoms with Gasteiger partial charge in [-0.1, -0.05) is 22.0 Å². The number of nitrogens with two attached hydrogens (primary N) is 2. The highest BCUT2D eigenvalue weighted by Crippen LogP contribution is 2.26. The molecule has 166 valence electrons. The first-order chi connectivity index (χ1) is 14.9. The normalized spacial score (nSPS) is 19.2. The molecule has 0 atom stereocenters. The molecule has 31 heavy (non-hydrogen) atoms. The number of hydrogen-bond acceptors (Lipinski definition) is 4. The maximum atomic E-state index is 14.6. The molecule has 0 heterocycles. The van der Waals surface area contributed by atoms with Gasteiger partial charge in [0.05, 0.1) is 13.2 Å². The first-order valence-electron chi connectivity index (χ1n) is 10.4. The average Bonchev–Trinajstić information content (AvgIpc) is 2.74. The highest BCUT2D eigenvalue weighted by molar-refractivity contribution is 9.10. The Labute approximate surface area is 190 Å². The lowest BCUT2D eigenvalue weighted by atomic mass is 9.92. The van der Waals surface area contributed by atoms with Gasteiger partial charge in [-0.05, 0) is 74.4 Å². The van der Waals surface area contributed by atoms with E-state index in [0.717, 1.165) is 35.7 Å². The number of guanidine groups is 1. The lowest BCUT2D eigenvalue weighted by molar-refractivity contribution is 0.0975. The van der Waals surface area contributed by atoms with Crippen molar-refractivity contribution in [2.75, 3.05) is 7.11 Å². The summed E-state index contributed by atoms with van der Waals surface area (Å²) >= 11 is 3.45. The van der Waals surface area contributed by atoms with Crippen molar-refractivity contribution in [1.82, 2.24) is 5.32 Å². The quantitative estimate of drug-likeness (QED) is 0.424. The first-order valence-corrected chi connectivity index (χ1v) is 11.2. The van der Waals surface area contributed by atoms with Crippen LogP contribution in [0.15, 0.2) is 45.9 Å². The summed E-state index contributed by atoms with van der Waals surface area (Å²) in [5, 5.41) is 2.61. The van der Waals surface area contributed by atoms with Crippen LogP contribution in [-0.4, -0.2) is 31.1 Å². The Morgan fingerprint density at radius 2 is 1.97 bits per heavy atom. The number of carbonyl (C=O) groups excluding carboxylic acids is 1. The van der Waals surface area contributed by atoms with Crippen LogP contribution in [0.4, 0.5) is 4.39 Å². The molecule has 1 aliphatic rings. The van der Waals surface area contributed by atoms with Crippen molar-refractivity contribution >= 4 is 27.8 Å². The number of ether oxygens (including phenoxy) is 1. The molecule has 0 aromatic heterocycles. The van der Waals surface area contributed by atoms with Gasteiger partial charge in [0.15, 0.2) is 5.96 Å². The number of rotatable bonds is 6. The van der Waals surface area contributed by atoms with Crippen molar-refractivity contribution in [2.24, 2.45) is 16.5 Å². The van der Waals surface area contributed by atoms with Gasteiger partial charge in [0.25, 0.3) is 5.91 Å². The maximum Gasteiger partial charge on any atom is 0.258 e. The topological polar surface area (TPSA) is 103 Å². The predicted molar refractivity (Wildman–Crippen MR) is 124 cm³/mol. The Hall–Kier alpha value is -2.45. The van der Waals surface area contributed by atoms with Crippen LogP contribution in [0.2, 0.25) is 0 Å². The van der Waals surface area contributed by atoms with Crippen LogP contribution in [0.25, 0.3) is 0 Å². The smallest absolute Gasteiger partial charge is 0.258 e. The first kappa shape index (κ1) is 23.2. The predicted octanol–water partition coefficient (Wildman–Crippen LogP) is 3.70. The Bertz CT molecular complexity index is 959. The van der Waals surface area contributed by atoms with Crippen molar-refractivity contribution in [2.45, 2.75) is 50.6 Å². The van der Waals surface area contributed by atoms with E-state index in [1.54, 1.807) is 13.2 Å². The molecule has 2 aromatic rings. The van der Waals surface area contributed by atoms with Gasteiger partial charge in [-0.3, -0.25) is 10.1 Å². The maximum absolute atomic E-state index is 14.6. The van der Waals surface area contributed by atoms with Crippen molar-refractivity contribution in [3.8, 4) is 5.75 Å². The fourth-order valence-corrected chi connectivity index (χ4v) is 4.28. The number of nitrogens with one attached hydrogen (secondary N) is 1. The third kappa shape index (κ3) is 6.27. The molecule has 1 amide bonds. The molecule has 0 saturated heterocycles.